The third kappa shape index (κ3) is 5.41. The molecule has 2 aromatic rings. The fourth-order valence-electron chi connectivity index (χ4n) is 3.24. The summed E-state index contributed by atoms with van der Waals surface area (Å²) in [6.07, 6.45) is 1.87. The van der Waals surface area contributed by atoms with Gasteiger partial charge >= 0.3 is 0 Å². The molecule has 2 rings (SSSR count). The van der Waals surface area contributed by atoms with E-state index in [0.29, 0.717) is 12.8 Å². The number of carbonyl (C=O) groups excluding carboxylic acids is 1. The van der Waals surface area contributed by atoms with E-state index in [9.17, 15) is 9.18 Å². The molecule has 1 aromatic heterocycles. The van der Waals surface area contributed by atoms with E-state index < -0.39 is 0 Å². The normalized spacial score (nSPS) is 12.9. The van der Waals surface area contributed by atoms with Gasteiger partial charge in [-0.15, -0.1) is 0 Å². The van der Waals surface area contributed by atoms with Gasteiger partial charge < -0.3 is 5.32 Å². The van der Waals surface area contributed by atoms with Crippen molar-refractivity contribution in [3.05, 3.63) is 52.6 Å². The molecule has 0 saturated heterocycles. The van der Waals surface area contributed by atoms with Gasteiger partial charge in [0, 0.05) is 19.2 Å². The fourth-order valence-corrected chi connectivity index (χ4v) is 3.24. The van der Waals surface area contributed by atoms with E-state index in [-0.39, 0.29) is 23.2 Å². The first-order valence-corrected chi connectivity index (χ1v) is 9.11. The van der Waals surface area contributed by atoms with E-state index in [1.165, 1.54) is 12.1 Å². The van der Waals surface area contributed by atoms with E-state index in [4.69, 9.17) is 0 Å². The maximum Gasteiger partial charge on any atom is 0.220 e. The quantitative estimate of drug-likeness (QED) is 0.831. The average Bonchev–Trinajstić information content (AvgIpc) is 2.77. The van der Waals surface area contributed by atoms with Crippen molar-refractivity contribution < 1.29 is 9.18 Å². The number of carbonyl (C=O) groups is 1. The molecule has 1 aromatic carbocycles. The summed E-state index contributed by atoms with van der Waals surface area (Å²) < 4.78 is 15.1. The number of benzene rings is 1. The molecule has 0 fully saturated rings. The summed E-state index contributed by atoms with van der Waals surface area (Å²) in [5.74, 6) is -0.261. The summed E-state index contributed by atoms with van der Waals surface area (Å²) in [4.78, 5) is 12.6. The molecule has 142 valence electrons. The van der Waals surface area contributed by atoms with Crippen LogP contribution >= 0.6 is 0 Å². The molecule has 4 nitrogen and oxygen atoms in total. The number of hydrogen-bond acceptors (Lipinski definition) is 2. The fraction of sp³-hybridized carbons (Fsp3) is 0.524. The minimum absolute atomic E-state index is 0.00577. The smallest absolute Gasteiger partial charge is 0.220 e. The number of nitrogens with one attached hydrogen (secondary N) is 1. The van der Waals surface area contributed by atoms with E-state index >= 15 is 0 Å². The van der Waals surface area contributed by atoms with Gasteiger partial charge in [-0.25, -0.2) is 4.39 Å². The lowest BCUT2D eigenvalue weighted by atomic mass is 9.85. The molecule has 1 heterocycles. The van der Waals surface area contributed by atoms with Gasteiger partial charge in [0.1, 0.15) is 5.82 Å². The Labute approximate surface area is 155 Å². The van der Waals surface area contributed by atoms with Crippen LogP contribution in [0.3, 0.4) is 0 Å². The number of rotatable bonds is 6. The number of aryl methyl sites for hydroxylation is 2. The molecule has 0 aliphatic carbocycles. The molecule has 26 heavy (non-hydrogen) atoms. The molecule has 1 atom stereocenters. The molecule has 0 saturated carbocycles. The Morgan fingerprint density at radius 1 is 1.23 bits per heavy atom. The summed E-state index contributed by atoms with van der Waals surface area (Å²) in [5, 5.41) is 7.54. The van der Waals surface area contributed by atoms with Crippen LogP contribution in [0.1, 0.15) is 62.2 Å². The SMILES string of the molecule is Cc1nn(C)c(C)c1CCC(=O)NC(CC(C)(C)C)c1ccc(F)cc1. The zero-order valence-electron chi connectivity index (χ0n) is 16.7. The van der Waals surface area contributed by atoms with Crippen molar-refractivity contribution in [2.75, 3.05) is 0 Å². The topological polar surface area (TPSA) is 46.9 Å². The molecule has 0 spiro atoms. The standard InChI is InChI=1S/C21H30FN3O/c1-14-18(15(2)25(6)24-14)11-12-20(26)23-19(13-21(3,4)5)16-7-9-17(22)10-8-16/h7-10,19H,11-13H2,1-6H3,(H,23,26). The Kier molecular flexibility index (Phi) is 6.21. The predicted molar refractivity (Wildman–Crippen MR) is 102 cm³/mol. The summed E-state index contributed by atoms with van der Waals surface area (Å²) >= 11 is 0. The van der Waals surface area contributed by atoms with Crippen LogP contribution in [0.25, 0.3) is 0 Å². The second-order valence-corrected chi connectivity index (χ2v) is 8.21. The van der Waals surface area contributed by atoms with Crippen molar-refractivity contribution in [1.29, 1.82) is 0 Å². The van der Waals surface area contributed by atoms with Crippen molar-refractivity contribution in [3.63, 3.8) is 0 Å². The van der Waals surface area contributed by atoms with Crippen LogP contribution in [0.2, 0.25) is 0 Å². The largest absolute Gasteiger partial charge is 0.349 e. The third-order valence-corrected chi connectivity index (χ3v) is 4.69. The monoisotopic (exact) mass is 359 g/mol. The van der Waals surface area contributed by atoms with Gasteiger partial charge in [0.05, 0.1) is 11.7 Å². The summed E-state index contributed by atoms with van der Waals surface area (Å²) in [6.45, 7) is 10.4. The highest BCUT2D eigenvalue weighted by Gasteiger charge is 2.22. The second-order valence-electron chi connectivity index (χ2n) is 8.21. The van der Waals surface area contributed by atoms with Crippen LogP contribution in [0.4, 0.5) is 4.39 Å². The minimum atomic E-state index is -0.267. The van der Waals surface area contributed by atoms with Crippen LogP contribution in [-0.4, -0.2) is 15.7 Å². The Morgan fingerprint density at radius 3 is 2.35 bits per heavy atom. The van der Waals surface area contributed by atoms with Crippen LogP contribution in [0, 0.1) is 25.1 Å². The molecule has 5 heteroatoms. The highest BCUT2D eigenvalue weighted by molar-refractivity contribution is 5.76. The van der Waals surface area contributed by atoms with Crippen molar-refractivity contribution in [1.82, 2.24) is 15.1 Å². The minimum Gasteiger partial charge on any atom is -0.349 e. The van der Waals surface area contributed by atoms with Gasteiger partial charge in [0.2, 0.25) is 5.91 Å². The van der Waals surface area contributed by atoms with Gasteiger partial charge in [-0.2, -0.15) is 5.10 Å². The van der Waals surface area contributed by atoms with Crippen LogP contribution < -0.4 is 5.32 Å². The van der Waals surface area contributed by atoms with Crippen molar-refractivity contribution in [2.45, 2.75) is 59.9 Å². The number of halogens is 1. The lowest BCUT2D eigenvalue weighted by molar-refractivity contribution is -0.122. The molecular formula is C21H30FN3O. The average molecular weight is 359 g/mol. The van der Waals surface area contributed by atoms with Crippen molar-refractivity contribution in [2.24, 2.45) is 12.5 Å². The molecule has 0 aliphatic rings. The zero-order chi connectivity index (χ0) is 19.5. The maximum absolute atomic E-state index is 13.2. The summed E-state index contributed by atoms with van der Waals surface area (Å²) in [6, 6.07) is 6.27. The van der Waals surface area contributed by atoms with Crippen LogP contribution in [0.15, 0.2) is 24.3 Å². The number of nitrogens with zero attached hydrogens (tertiary/aromatic N) is 2. The first-order chi connectivity index (χ1) is 12.1. The maximum atomic E-state index is 13.2. The second kappa shape index (κ2) is 8.02. The van der Waals surface area contributed by atoms with E-state index in [1.807, 2.05) is 25.6 Å². The highest BCUT2D eigenvalue weighted by Crippen LogP contribution is 2.29. The molecule has 0 bridgehead atoms. The van der Waals surface area contributed by atoms with Crippen molar-refractivity contribution >= 4 is 5.91 Å². The first-order valence-electron chi connectivity index (χ1n) is 9.11. The van der Waals surface area contributed by atoms with E-state index in [1.54, 1.807) is 12.1 Å². The highest BCUT2D eigenvalue weighted by atomic mass is 19.1. The lowest BCUT2D eigenvalue weighted by Crippen LogP contribution is -2.31. The molecule has 0 radical (unpaired) electrons. The first kappa shape index (κ1) is 20.1. The number of aromatic nitrogens is 2. The molecular weight excluding hydrogens is 329 g/mol. The predicted octanol–water partition coefficient (Wildman–Crippen LogP) is 4.40. The number of amides is 1. The lowest BCUT2D eigenvalue weighted by Gasteiger charge is -2.27. The molecule has 1 unspecified atom stereocenters. The Morgan fingerprint density at radius 2 is 1.85 bits per heavy atom. The van der Waals surface area contributed by atoms with Gasteiger partial charge in [-0.1, -0.05) is 32.9 Å². The van der Waals surface area contributed by atoms with E-state index in [0.717, 1.165) is 28.9 Å². The van der Waals surface area contributed by atoms with Gasteiger partial charge in [-0.3, -0.25) is 9.48 Å². The van der Waals surface area contributed by atoms with Gasteiger partial charge in [0.25, 0.3) is 0 Å². The molecule has 1 N–H and O–H groups in total. The van der Waals surface area contributed by atoms with E-state index in [2.05, 4.69) is 31.2 Å². The molecule has 1 amide bonds. The Hall–Kier alpha value is -2.17. The third-order valence-electron chi connectivity index (χ3n) is 4.69. The van der Waals surface area contributed by atoms with Crippen LogP contribution in [0.5, 0.6) is 0 Å². The zero-order valence-corrected chi connectivity index (χ0v) is 16.7. The summed E-state index contributed by atoms with van der Waals surface area (Å²) in [5.41, 5.74) is 4.19. The van der Waals surface area contributed by atoms with Gasteiger partial charge in [-0.05, 0) is 55.4 Å². The number of hydrogen-bond donors (Lipinski definition) is 1. The summed E-state index contributed by atoms with van der Waals surface area (Å²) in [7, 11) is 1.92. The Bertz CT molecular complexity index is 757. The molecule has 0 aliphatic heterocycles. The Balaban J connectivity index is 2.07. The van der Waals surface area contributed by atoms with Crippen molar-refractivity contribution in [3.8, 4) is 0 Å². The van der Waals surface area contributed by atoms with Crippen LogP contribution in [-0.2, 0) is 18.3 Å². The van der Waals surface area contributed by atoms with Gasteiger partial charge in [0.15, 0.2) is 0 Å².